The quantitative estimate of drug-likeness (QED) is 0.0155. The molecule has 9 rings (SSSR count). The average molecular weight is 1350 g/mol. The Labute approximate surface area is 595 Å². The van der Waals surface area contributed by atoms with Gasteiger partial charge in [-0.2, -0.15) is 0 Å². The third-order valence-electron chi connectivity index (χ3n) is 15.6. The van der Waals surface area contributed by atoms with Crippen LogP contribution < -0.4 is 60.6 Å². The summed E-state index contributed by atoms with van der Waals surface area (Å²) in [7, 11) is 0. The molecule has 7 N–H and O–H groups in total. The Morgan fingerprint density at radius 2 is 0.786 bits per heavy atom. The number of aliphatic carboxylic acids is 3. The van der Waals surface area contributed by atoms with Gasteiger partial charge in [0.15, 0.2) is 0 Å². The van der Waals surface area contributed by atoms with Crippen molar-refractivity contribution in [1.29, 1.82) is 5.26 Å². The second-order valence-electron chi connectivity index (χ2n) is 22.3. The van der Waals surface area contributed by atoms with Crippen molar-refractivity contribution in [3.05, 3.63) is 204 Å². The number of carboxylic acids is 3. The number of Topliss-reactive ketones (excluding diaryl/α,β-unsaturated/α-hetero) is 1. The first-order chi connectivity index (χ1) is 46.3. The summed E-state index contributed by atoms with van der Waals surface area (Å²) in [6, 6.07) is 47.8. The summed E-state index contributed by atoms with van der Waals surface area (Å²) in [6.07, 6.45) is 6.41. The number of anilines is 3. The Morgan fingerprint density at radius 3 is 1.12 bits per heavy atom. The molecule has 5 atom stereocenters. The molecule has 3 heterocycles. The zero-order valence-corrected chi connectivity index (χ0v) is 57.8. The molecule has 0 saturated carbocycles. The summed E-state index contributed by atoms with van der Waals surface area (Å²) in [4.78, 5) is 123. The van der Waals surface area contributed by atoms with Crippen molar-refractivity contribution in [2.24, 2.45) is 5.73 Å². The monoisotopic (exact) mass is 1350 g/mol. The molecule has 3 radical (unpaired) electrons. The first-order valence-corrected chi connectivity index (χ1v) is 31.8. The van der Waals surface area contributed by atoms with Gasteiger partial charge in [-0.25, -0.2) is 4.79 Å². The van der Waals surface area contributed by atoms with Gasteiger partial charge in [0, 0.05) is 31.9 Å². The molecule has 3 aliphatic heterocycles. The molecule has 3 aliphatic rings. The van der Waals surface area contributed by atoms with Gasteiger partial charge < -0.3 is 47.1 Å². The number of para-hydroxylation sites is 3. The van der Waals surface area contributed by atoms with Crippen molar-refractivity contribution < 1.29 is 107 Å². The molecular weight excluding hydrogens is 1260 g/mol. The molecule has 0 spiro atoms. The normalized spacial score (nSPS) is 15.6. The van der Waals surface area contributed by atoms with Crippen LogP contribution in [0.1, 0.15) is 92.7 Å². The van der Waals surface area contributed by atoms with Gasteiger partial charge in [0.05, 0.1) is 37.9 Å². The number of carbonyl (C=O) groups is 10. The van der Waals surface area contributed by atoms with Crippen molar-refractivity contribution in [2.75, 3.05) is 54.2 Å². The van der Waals surface area contributed by atoms with E-state index in [9.17, 15) is 58.2 Å². The maximum atomic E-state index is 13.3. The second-order valence-corrected chi connectivity index (χ2v) is 22.3. The van der Waals surface area contributed by atoms with Crippen molar-refractivity contribution >= 4 is 84.8 Å². The number of ether oxygens (including phenoxy) is 3. The maximum absolute atomic E-state index is 13.3. The van der Waals surface area contributed by atoms with Gasteiger partial charge >= 0.3 is 65.4 Å². The van der Waals surface area contributed by atoms with Gasteiger partial charge in [0.25, 0.3) is 0 Å². The van der Waals surface area contributed by atoms with E-state index >= 15 is 0 Å². The minimum Gasteiger partial charge on any atom is -0.512 e. The van der Waals surface area contributed by atoms with Crippen molar-refractivity contribution in [2.45, 2.75) is 128 Å². The summed E-state index contributed by atoms with van der Waals surface area (Å²) < 4.78 is 15.1. The first-order valence-electron chi connectivity index (χ1n) is 31.8. The average Bonchev–Trinajstić information content (AvgIpc) is 1.65. The van der Waals surface area contributed by atoms with E-state index in [-0.39, 0.29) is 88.5 Å². The van der Waals surface area contributed by atoms with Gasteiger partial charge in [-0.15, -0.1) is 0 Å². The standard InChI is InChI=1S/2C24H28N2O5.C12H14N2O3.C12H14O3.CN.B.Na/c2*1-2-31-24(30)20(14-12-17-8-4-3-5-9-17)25-19-15-13-18-10-6-7-11-21(18)26(23(19)29)16-22(27)28;13-9-6-5-8-3-1-2-4-10(8)14(12(9)17)7-11(15)16;1-2-15-12(14)11(13)9-8-10-6-4-3-5-7-10;1-2;;/h2*3-11,19-20,25H,2,12-16H2,1H3,(H,27,28);1-4,9H,5-7,13H2,(H,15,16);3-7H,2,8-9H2,1H3;;;/q;;;;-1;;+1/t19-,20?;19-,20-;9-;;;;/m000..../s1. The Morgan fingerprint density at radius 1 is 0.480 bits per heavy atom. The fraction of sp³-hybridized carbons (Fsp3) is 0.356. The van der Waals surface area contributed by atoms with Gasteiger partial charge in [0.2, 0.25) is 23.5 Å². The first kappa shape index (κ1) is 82.9. The molecule has 0 aliphatic carbocycles. The van der Waals surface area contributed by atoms with Crippen molar-refractivity contribution in [3.8, 4) is 0 Å². The number of hydrogen-bond acceptors (Lipinski definition) is 17. The van der Waals surface area contributed by atoms with E-state index in [0.29, 0.717) is 87.7 Å². The number of nitrogens with two attached hydrogens (primary N) is 1. The third kappa shape index (κ3) is 26.6. The molecule has 0 fully saturated rings. The predicted octanol–water partition coefficient (Wildman–Crippen LogP) is 3.99. The molecule has 511 valence electrons. The fourth-order valence-electron chi connectivity index (χ4n) is 11.0. The van der Waals surface area contributed by atoms with E-state index < -0.39 is 84.9 Å². The smallest absolute Gasteiger partial charge is 0.512 e. The van der Waals surface area contributed by atoms with Gasteiger partial charge in [-0.3, -0.25) is 68.5 Å². The van der Waals surface area contributed by atoms with Crippen molar-refractivity contribution in [3.63, 3.8) is 0 Å². The number of fused-ring (bicyclic) bond motifs is 3. The largest absolute Gasteiger partial charge is 1.00 e. The van der Waals surface area contributed by atoms with E-state index in [2.05, 4.69) is 15.4 Å². The molecule has 6 aromatic carbocycles. The van der Waals surface area contributed by atoms with Crippen LogP contribution in [0.2, 0.25) is 0 Å². The number of rotatable bonds is 25. The second kappa shape index (κ2) is 44.5. The number of esters is 3. The number of amides is 3. The predicted molar refractivity (Wildman–Crippen MR) is 364 cm³/mol. The number of carbonyl (C=O) groups excluding carboxylic acids is 7. The summed E-state index contributed by atoms with van der Waals surface area (Å²) in [5, 5.41) is 40.2. The summed E-state index contributed by atoms with van der Waals surface area (Å²) in [5.41, 5.74) is 13.6. The molecule has 0 saturated heterocycles. The van der Waals surface area contributed by atoms with Crippen LogP contribution in [0, 0.1) is 11.8 Å². The molecular formula is C73H84BN7NaO16. The number of benzene rings is 6. The number of ketones is 1. The van der Waals surface area contributed by atoms with Crippen LogP contribution in [0.25, 0.3) is 0 Å². The van der Waals surface area contributed by atoms with Gasteiger partial charge in [0.1, 0.15) is 31.7 Å². The van der Waals surface area contributed by atoms with Crippen LogP contribution in [-0.2, 0) is 101 Å². The van der Waals surface area contributed by atoms with Crippen LogP contribution >= 0.6 is 0 Å². The third-order valence-corrected chi connectivity index (χ3v) is 15.6. The summed E-state index contributed by atoms with van der Waals surface area (Å²) in [5.74, 6) is -6.23. The minimum absolute atomic E-state index is 0. The van der Waals surface area contributed by atoms with Crippen LogP contribution in [0.5, 0.6) is 0 Å². The van der Waals surface area contributed by atoms with E-state index in [0.717, 1.165) is 33.4 Å². The molecule has 1 unspecified atom stereocenters. The number of nitrogens with one attached hydrogen (secondary N) is 2. The number of hydrogen-bond donors (Lipinski definition) is 6. The van der Waals surface area contributed by atoms with Gasteiger partial charge in [-0.1, -0.05) is 146 Å². The number of carboxylic acid groups (broad SMARTS) is 3. The van der Waals surface area contributed by atoms with E-state index in [1.807, 2.05) is 127 Å². The number of aryl methyl sites for hydroxylation is 6. The Hall–Kier alpha value is -9.35. The SMILES string of the molecule is CCOC(=O)C(=O)CCc1ccccc1.CCOC(=O)C(CCc1ccccc1)N[C@H]1CCc2ccccc2N(CC(=O)O)C1=O.CCOC(=O)[C@H](CCc1ccccc1)N[C@H]1CCc2ccccc2N(CC(=O)O)C1=O.N[C@H]1CCc2ccccc2N(CC(=O)O)C1=O.[B].[C-]#N.[Na+]. The number of nitrogens with zero attached hydrogens (tertiary/aromatic N) is 4. The zero-order chi connectivity index (χ0) is 69.9. The Kier molecular flexibility index (Phi) is 37.6. The van der Waals surface area contributed by atoms with E-state index in [1.165, 1.54) is 14.7 Å². The molecule has 0 bridgehead atoms. The minimum atomic E-state index is -1.09. The Bertz CT molecular complexity index is 3420. The maximum Gasteiger partial charge on any atom is 1.00 e. The van der Waals surface area contributed by atoms with Crippen LogP contribution in [-0.4, -0.2) is 153 Å². The molecule has 0 aromatic heterocycles. The molecule has 6 aromatic rings. The van der Waals surface area contributed by atoms with E-state index in [1.54, 1.807) is 57.2 Å². The van der Waals surface area contributed by atoms with Crippen LogP contribution in [0.15, 0.2) is 164 Å². The van der Waals surface area contributed by atoms with Crippen LogP contribution in [0.4, 0.5) is 17.1 Å². The Balaban J connectivity index is 0.000000350. The molecule has 23 nitrogen and oxygen atoms in total. The van der Waals surface area contributed by atoms with Crippen molar-refractivity contribution in [1.82, 2.24) is 10.6 Å². The molecule has 25 heteroatoms. The van der Waals surface area contributed by atoms with Crippen LogP contribution in [0.3, 0.4) is 0 Å². The zero-order valence-electron chi connectivity index (χ0n) is 55.8. The molecule has 3 amide bonds. The molecule has 98 heavy (non-hydrogen) atoms. The van der Waals surface area contributed by atoms with E-state index in [4.69, 9.17) is 32.1 Å². The van der Waals surface area contributed by atoms with Gasteiger partial charge in [-0.05, 0) is 143 Å². The fourth-order valence-corrected chi connectivity index (χ4v) is 11.0. The summed E-state index contributed by atoms with van der Waals surface area (Å²) in [6.45, 7) is 9.46. The summed E-state index contributed by atoms with van der Waals surface area (Å²) >= 11 is 0. The topological polar surface area (TPSA) is 343 Å².